The van der Waals surface area contributed by atoms with Gasteiger partial charge in [-0.1, -0.05) is 35.3 Å². The molecule has 1 heterocycles. The topological polar surface area (TPSA) is 75.7 Å². The highest BCUT2D eigenvalue weighted by Gasteiger charge is 2.27. The van der Waals surface area contributed by atoms with Crippen molar-refractivity contribution in [2.45, 2.75) is 24.3 Å². The zero-order chi connectivity index (χ0) is 19.8. The van der Waals surface area contributed by atoms with Crippen molar-refractivity contribution in [1.82, 2.24) is 9.79 Å². The van der Waals surface area contributed by atoms with Gasteiger partial charge in [0.05, 0.1) is 4.90 Å². The van der Waals surface area contributed by atoms with Gasteiger partial charge in [0.25, 0.3) is 10.0 Å². The Balaban J connectivity index is 1.94. The minimum absolute atomic E-state index is 0.000939. The second kappa shape index (κ2) is 7.77. The first kappa shape index (κ1) is 20.1. The first-order valence-electron chi connectivity index (χ1n) is 8.13. The molecule has 3 rings (SSSR count). The van der Waals surface area contributed by atoms with Crippen LogP contribution in [0.25, 0.3) is 0 Å². The lowest BCUT2D eigenvalue weighted by Crippen LogP contribution is -2.31. The molecule has 0 saturated heterocycles. The number of fused-ring (bicyclic) bond motifs is 1. The lowest BCUT2D eigenvalue weighted by molar-refractivity contribution is -0.144. The molecule has 0 spiro atoms. The zero-order valence-corrected chi connectivity index (χ0v) is 17.0. The number of sulfonamides is 1. The predicted octanol–water partition coefficient (Wildman–Crippen LogP) is 3.33. The van der Waals surface area contributed by atoms with Gasteiger partial charge in [-0.2, -0.15) is 0 Å². The highest BCUT2D eigenvalue weighted by molar-refractivity contribution is 7.89. The van der Waals surface area contributed by atoms with E-state index in [4.69, 9.17) is 23.2 Å². The third-order valence-electron chi connectivity index (χ3n) is 4.38. The molecule has 1 unspecified atom stereocenters. The van der Waals surface area contributed by atoms with Crippen LogP contribution in [-0.4, -0.2) is 32.9 Å². The van der Waals surface area contributed by atoms with Crippen molar-refractivity contribution in [3.8, 4) is 0 Å². The summed E-state index contributed by atoms with van der Waals surface area (Å²) < 4.78 is 24.3. The molecule has 0 saturated carbocycles. The van der Waals surface area contributed by atoms with E-state index in [0.29, 0.717) is 10.0 Å². The molecule has 144 valence electrons. The largest absolute Gasteiger partial charge is 0.356 e. The number of hydrogen-bond acceptors (Lipinski definition) is 5. The van der Waals surface area contributed by atoms with Crippen molar-refractivity contribution in [2.75, 3.05) is 13.6 Å². The Bertz CT molecular complexity index is 978. The zero-order valence-electron chi connectivity index (χ0n) is 14.7. The molecule has 6 nitrogen and oxygen atoms in total. The number of benzene rings is 2. The highest BCUT2D eigenvalue weighted by Crippen LogP contribution is 2.38. The van der Waals surface area contributed by atoms with Crippen LogP contribution < -0.4 is 4.89 Å². The van der Waals surface area contributed by atoms with Gasteiger partial charge in [-0.3, -0.25) is 4.79 Å². The molecule has 9 heteroatoms. The molecule has 0 aliphatic carbocycles. The maximum Gasteiger partial charge on any atom is 0.323 e. The molecule has 0 fully saturated rings. The minimum atomic E-state index is -3.93. The Labute approximate surface area is 168 Å². The smallest absolute Gasteiger partial charge is 0.323 e. The number of rotatable bonds is 4. The molecule has 0 radical (unpaired) electrons. The maximum absolute atomic E-state index is 12.1. The summed E-state index contributed by atoms with van der Waals surface area (Å²) >= 11 is 12.6. The predicted molar refractivity (Wildman–Crippen MR) is 103 cm³/mol. The van der Waals surface area contributed by atoms with Crippen molar-refractivity contribution < 1.29 is 18.0 Å². The van der Waals surface area contributed by atoms with Crippen molar-refractivity contribution in [1.29, 1.82) is 0 Å². The molecule has 1 aliphatic rings. The Kier molecular flexibility index (Phi) is 5.79. The minimum Gasteiger partial charge on any atom is -0.356 e. The summed E-state index contributed by atoms with van der Waals surface area (Å²) in [4.78, 5) is 19.1. The average molecular weight is 429 g/mol. The van der Waals surface area contributed by atoms with Crippen LogP contribution in [0.1, 0.15) is 29.5 Å². The van der Waals surface area contributed by atoms with Crippen molar-refractivity contribution >= 4 is 39.2 Å². The summed E-state index contributed by atoms with van der Waals surface area (Å²) in [6, 6.07) is 10.1. The average Bonchev–Trinajstić information content (AvgIpc) is 2.60. The van der Waals surface area contributed by atoms with E-state index in [2.05, 4.69) is 9.74 Å². The first-order chi connectivity index (χ1) is 12.7. The molecular weight excluding hydrogens is 411 g/mol. The molecule has 0 amide bonds. The Morgan fingerprint density at radius 3 is 2.52 bits per heavy atom. The van der Waals surface area contributed by atoms with Crippen molar-refractivity contribution in [3.63, 3.8) is 0 Å². The summed E-state index contributed by atoms with van der Waals surface area (Å²) in [6.45, 7) is 2.58. The van der Waals surface area contributed by atoms with Crippen LogP contribution in [0, 0.1) is 0 Å². The molecule has 27 heavy (non-hydrogen) atoms. The van der Waals surface area contributed by atoms with Crippen LogP contribution in [0.15, 0.2) is 41.3 Å². The van der Waals surface area contributed by atoms with Crippen LogP contribution in [0.2, 0.25) is 10.0 Å². The molecule has 1 atom stereocenters. The van der Waals surface area contributed by atoms with Gasteiger partial charge in [-0.05, 0) is 52.9 Å². The van der Waals surface area contributed by atoms with E-state index in [1.54, 1.807) is 23.1 Å². The van der Waals surface area contributed by atoms with Gasteiger partial charge in [0, 0.05) is 36.0 Å². The quantitative estimate of drug-likeness (QED) is 0.755. The number of likely N-dealkylation sites (N-methyl/N-ethyl adjacent to an activating group) is 1. The van der Waals surface area contributed by atoms with Gasteiger partial charge in [-0.25, -0.2) is 8.42 Å². The lowest BCUT2D eigenvalue weighted by Gasteiger charge is -2.33. The van der Waals surface area contributed by atoms with Gasteiger partial charge in [-0.15, -0.1) is 0 Å². The molecule has 1 aliphatic heterocycles. The van der Waals surface area contributed by atoms with Crippen molar-refractivity contribution in [2.24, 2.45) is 0 Å². The SMILES string of the molecule is CC(=O)ONS(=O)(=O)c1ccc(C2CN(C)Cc3c(Cl)cc(Cl)cc32)cc1. The van der Waals surface area contributed by atoms with Gasteiger partial charge in [0.1, 0.15) is 0 Å². The van der Waals surface area contributed by atoms with Crippen molar-refractivity contribution in [3.05, 3.63) is 63.1 Å². The van der Waals surface area contributed by atoms with Gasteiger partial charge >= 0.3 is 5.97 Å². The third-order valence-corrected chi connectivity index (χ3v) is 6.13. The van der Waals surface area contributed by atoms with Crippen LogP contribution in [0.4, 0.5) is 0 Å². The van der Waals surface area contributed by atoms with Gasteiger partial charge < -0.3 is 9.74 Å². The Morgan fingerprint density at radius 1 is 1.22 bits per heavy atom. The molecule has 2 aromatic rings. The molecule has 0 aromatic heterocycles. The van der Waals surface area contributed by atoms with E-state index >= 15 is 0 Å². The van der Waals surface area contributed by atoms with Crippen LogP contribution in [0.5, 0.6) is 0 Å². The van der Waals surface area contributed by atoms with Gasteiger partial charge in [0.2, 0.25) is 0 Å². The maximum atomic E-state index is 12.1. The van der Waals surface area contributed by atoms with Gasteiger partial charge in [0.15, 0.2) is 0 Å². The summed E-state index contributed by atoms with van der Waals surface area (Å²) in [7, 11) is -1.93. The first-order valence-corrected chi connectivity index (χ1v) is 10.4. The van der Waals surface area contributed by atoms with Crippen LogP contribution in [-0.2, 0) is 26.2 Å². The van der Waals surface area contributed by atoms with E-state index in [9.17, 15) is 13.2 Å². The second-order valence-corrected chi connectivity index (χ2v) is 8.94. The van der Waals surface area contributed by atoms with E-state index in [0.717, 1.165) is 36.7 Å². The summed E-state index contributed by atoms with van der Waals surface area (Å²) in [5, 5.41) is 1.19. The number of nitrogens with zero attached hydrogens (tertiary/aromatic N) is 1. The number of carbonyl (C=O) groups is 1. The summed E-state index contributed by atoms with van der Waals surface area (Å²) in [5.41, 5.74) is 3.00. The number of hydrogen-bond donors (Lipinski definition) is 1. The van der Waals surface area contributed by atoms with E-state index < -0.39 is 16.0 Å². The normalized spacial score (nSPS) is 17.4. The van der Waals surface area contributed by atoms with E-state index in [-0.39, 0.29) is 10.8 Å². The number of carbonyl (C=O) groups excluding carboxylic acids is 1. The summed E-state index contributed by atoms with van der Waals surface area (Å²) in [6.07, 6.45) is 0. The molecule has 1 N–H and O–H groups in total. The summed E-state index contributed by atoms with van der Waals surface area (Å²) in [5.74, 6) is -0.737. The molecule has 2 aromatic carbocycles. The fourth-order valence-corrected chi connectivity index (χ4v) is 4.56. The van der Waals surface area contributed by atoms with Crippen LogP contribution >= 0.6 is 23.2 Å². The second-order valence-electron chi connectivity index (χ2n) is 6.45. The highest BCUT2D eigenvalue weighted by atomic mass is 35.5. The molecule has 0 bridgehead atoms. The fourth-order valence-electron chi connectivity index (χ4n) is 3.17. The fraction of sp³-hybridized carbons (Fsp3) is 0.278. The van der Waals surface area contributed by atoms with E-state index in [1.807, 2.05) is 13.1 Å². The number of halogens is 2. The van der Waals surface area contributed by atoms with E-state index in [1.165, 1.54) is 12.1 Å². The monoisotopic (exact) mass is 428 g/mol. The lowest BCUT2D eigenvalue weighted by atomic mass is 9.85. The molecular formula is C18H18Cl2N2O4S. The Hall–Kier alpha value is -1.64. The number of nitrogens with one attached hydrogen (secondary N) is 1. The standard InChI is InChI=1S/C18H18Cl2N2O4S/c1-11(23)26-21-27(24,25)14-5-3-12(4-6-14)16-9-22(2)10-17-15(16)7-13(19)8-18(17)20/h3-8,16,21H,9-10H2,1-2H3. The van der Waals surface area contributed by atoms with Crippen LogP contribution in [0.3, 0.4) is 0 Å². The Morgan fingerprint density at radius 2 is 1.89 bits per heavy atom. The third kappa shape index (κ3) is 4.44.